The molecule has 0 fully saturated rings. The maximum atomic E-state index is 12.9. The fourth-order valence-corrected chi connectivity index (χ4v) is 3.13. The minimum atomic E-state index is -0.356. The van der Waals surface area contributed by atoms with Crippen molar-refractivity contribution in [2.75, 3.05) is 18.6 Å². The monoisotopic (exact) mass is 337 g/mol. The summed E-state index contributed by atoms with van der Waals surface area (Å²) >= 11 is 0. The molecule has 0 spiro atoms. The number of hydrogen-bond acceptors (Lipinski definition) is 3. The molecule has 0 saturated heterocycles. The Kier molecular flexibility index (Phi) is 4.38. The van der Waals surface area contributed by atoms with Crippen molar-refractivity contribution in [2.45, 2.75) is 32.6 Å². The van der Waals surface area contributed by atoms with E-state index >= 15 is 0 Å². The van der Waals surface area contributed by atoms with Crippen LogP contribution in [0.15, 0.2) is 42.5 Å². The molecule has 2 aromatic carbocycles. The van der Waals surface area contributed by atoms with Crippen molar-refractivity contribution in [3.8, 4) is 0 Å². The molecule has 0 saturated carbocycles. The first-order valence-electron chi connectivity index (χ1n) is 8.45. The van der Waals surface area contributed by atoms with Crippen molar-refractivity contribution in [1.29, 1.82) is 0 Å². The third kappa shape index (κ3) is 3.29. The second-order valence-corrected chi connectivity index (χ2v) is 7.37. The molecule has 4 heteroatoms. The molecular formula is C21H23NO3. The van der Waals surface area contributed by atoms with Gasteiger partial charge in [-0.2, -0.15) is 0 Å². The highest BCUT2D eigenvalue weighted by Crippen LogP contribution is 2.31. The number of rotatable bonds is 2. The highest BCUT2D eigenvalue weighted by atomic mass is 16.5. The van der Waals surface area contributed by atoms with E-state index in [4.69, 9.17) is 4.74 Å². The van der Waals surface area contributed by atoms with Gasteiger partial charge < -0.3 is 9.64 Å². The third-order valence-corrected chi connectivity index (χ3v) is 4.64. The minimum absolute atomic E-state index is 0.00923. The number of ether oxygens (including phenoxy) is 1. The summed E-state index contributed by atoms with van der Waals surface area (Å²) in [4.78, 5) is 26.3. The SMILES string of the molecule is COC(=O)c1ccc2c(c1)CCN2C(=O)c1ccc(C(C)(C)C)cc1. The van der Waals surface area contributed by atoms with Crippen LogP contribution < -0.4 is 4.90 Å². The zero-order valence-electron chi connectivity index (χ0n) is 15.1. The molecular weight excluding hydrogens is 314 g/mol. The van der Waals surface area contributed by atoms with Crippen LogP contribution in [0.5, 0.6) is 0 Å². The van der Waals surface area contributed by atoms with E-state index in [1.54, 1.807) is 11.0 Å². The van der Waals surface area contributed by atoms with Crippen LogP contribution in [0.1, 0.15) is 52.6 Å². The molecule has 0 aromatic heterocycles. The van der Waals surface area contributed by atoms with E-state index in [0.29, 0.717) is 17.7 Å². The van der Waals surface area contributed by atoms with E-state index in [-0.39, 0.29) is 17.3 Å². The molecule has 25 heavy (non-hydrogen) atoms. The number of carbonyl (C=O) groups is 2. The summed E-state index contributed by atoms with van der Waals surface area (Å²) < 4.78 is 4.76. The van der Waals surface area contributed by atoms with E-state index in [9.17, 15) is 9.59 Å². The van der Waals surface area contributed by atoms with Gasteiger partial charge in [0.05, 0.1) is 12.7 Å². The van der Waals surface area contributed by atoms with Crippen LogP contribution in [0.25, 0.3) is 0 Å². The van der Waals surface area contributed by atoms with Crippen LogP contribution in [0.3, 0.4) is 0 Å². The lowest BCUT2D eigenvalue weighted by atomic mass is 9.86. The normalized spacial score (nSPS) is 13.5. The predicted molar refractivity (Wildman–Crippen MR) is 98.3 cm³/mol. The van der Waals surface area contributed by atoms with E-state index in [0.717, 1.165) is 17.7 Å². The average molecular weight is 337 g/mol. The molecule has 1 aliphatic rings. The molecule has 1 heterocycles. The Labute approximate surface area is 148 Å². The van der Waals surface area contributed by atoms with Crippen LogP contribution in [0, 0.1) is 0 Å². The van der Waals surface area contributed by atoms with Gasteiger partial charge in [0.25, 0.3) is 5.91 Å². The highest BCUT2D eigenvalue weighted by Gasteiger charge is 2.26. The van der Waals surface area contributed by atoms with Crippen LogP contribution in [-0.4, -0.2) is 25.5 Å². The van der Waals surface area contributed by atoms with Gasteiger partial charge in [-0.15, -0.1) is 0 Å². The minimum Gasteiger partial charge on any atom is -0.465 e. The molecule has 0 unspecified atom stereocenters. The molecule has 0 aliphatic carbocycles. The fourth-order valence-electron chi connectivity index (χ4n) is 3.13. The molecule has 130 valence electrons. The Morgan fingerprint density at radius 1 is 1.00 bits per heavy atom. The van der Waals surface area contributed by atoms with E-state index in [2.05, 4.69) is 20.8 Å². The molecule has 0 bridgehead atoms. The third-order valence-electron chi connectivity index (χ3n) is 4.64. The van der Waals surface area contributed by atoms with E-state index in [1.165, 1.54) is 12.7 Å². The second kappa shape index (κ2) is 6.36. The number of carbonyl (C=O) groups excluding carboxylic acids is 2. The standard InChI is InChI=1S/C21H23NO3/c1-21(2,3)17-8-5-14(6-9-17)19(23)22-12-11-15-13-16(20(24)25-4)7-10-18(15)22/h5-10,13H,11-12H2,1-4H3. The number of methoxy groups -OCH3 is 1. The smallest absolute Gasteiger partial charge is 0.337 e. The number of fused-ring (bicyclic) bond motifs is 1. The number of esters is 1. The lowest BCUT2D eigenvalue weighted by Gasteiger charge is -2.21. The topological polar surface area (TPSA) is 46.6 Å². The van der Waals surface area contributed by atoms with Gasteiger partial charge in [0.2, 0.25) is 0 Å². The van der Waals surface area contributed by atoms with Gasteiger partial charge in [0, 0.05) is 17.8 Å². The Balaban J connectivity index is 1.85. The van der Waals surface area contributed by atoms with Crippen molar-refractivity contribution in [1.82, 2.24) is 0 Å². The van der Waals surface area contributed by atoms with Gasteiger partial charge in [-0.1, -0.05) is 32.9 Å². The number of hydrogen-bond donors (Lipinski definition) is 0. The van der Waals surface area contributed by atoms with Gasteiger partial charge in [-0.3, -0.25) is 4.79 Å². The molecule has 1 aliphatic heterocycles. The predicted octanol–water partition coefficient (Wildman–Crippen LogP) is 3.97. The molecule has 2 aromatic rings. The second-order valence-electron chi connectivity index (χ2n) is 7.37. The van der Waals surface area contributed by atoms with Crippen LogP contribution in [0.4, 0.5) is 5.69 Å². The maximum Gasteiger partial charge on any atom is 0.337 e. The number of amides is 1. The molecule has 0 N–H and O–H groups in total. The van der Waals surface area contributed by atoms with Gasteiger partial charge >= 0.3 is 5.97 Å². The molecule has 3 rings (SSSR count). The summed E-state index contributed by atoms with van der Waals surface area (Å²) in [7, 11) is 1.37. The van der Waals surface area contributed by atoms with Gasteiger partial charge in [-0.25, -0.2) is 4.79 Å². The summed E-state index contributed by atoms with van der Waals surface area (Å²) in [6.07, 6.45) is 0.742. The summed E-state index contributed by atoms with van der Waals surface area (Å²) in [5, 5.41) is 0. The first kappa shape index (κ1) is 17.2. The molecule has 4 nitrogen and oxygen atoms in total. The van der Waals surface area contributed by atoms with E-state index < -0.39 is 0 Å². The zero-order chi connectivity index (χ0) is 18.2. The fraction of sp³-hybridized carbons (Fsp3) is 0.333. The first-order valence-corrected chi connectivity index (χ1v) is 8.45. The van der Waals surface area contributed by atoms with Gasteiger partial charge in [0.15, 0.2) is 0 Å². The van der Waals surface area contributed by atoms with Crippen molar-refractivity contribution >= 4 is 17.6 Å². The Hall–Kier alpha value is -2.62. The lowest BCUT2D eigenvalue weighted by molar-refractivity contribution is 0.0600. The van der Waals surface area contributed by atoms with Gasteiger partial charge in [-0.05, 0) is 53.3 Å². The van der Waals surface area contributed by atoms with Crippen molar-refractivity contribution in [3.63, 3.8) is 0 Å². The highest BCUT2D eigenvalue weighted by molar-refractivity contribution is 6.07. The summed E-state index contributed by atoms with van der Waals surface area (Å²) in [6, 6.07) is 13.2. The molecule has 1 amide bonds. The van der Waals surface area contributed by atoms with Crippen molar-refractivity contribution in [2.24, 2.45) is 0 Å². The first-order chi connectivity index (χ1) is 11.8. The van der Waals surface area contributed by atoms with Crippen molar-refractivity contribution < 1.29 is 14.3 Å². The largest absolute Gasteiger partial charge is 0.465 e. The summed E-state index contributed by atoms with van der Waals surface area (Å²) in [6.45, 7) is 7.08. The molecule has 0 atom stereocenters. The Morgan fingerprint density at radius 2 is 1.64 bits per heavy atom. The summed E-state index contributed by atoms with van der Waals surface area (Å²) in [5.74, 6) is -0.365. The number of benzene rings is 2. The lowest BCUT2D eigenvalue weighted by Crippen LogP contribution is -2.29. The Bertz CT molecular complexity index is 816. The average Bonchev–Trinajstić information content (AvgIpc) is 3.02. The van der Waals surface area contributed by atoms with Crippen LogP contribution in [-0.2, 0) is 16.6 Å². The number of nitrogens with zero attached hydrogens (tertiary/aromatic N) is 1. The maximum absolute atomic E-state index is 12.9. The Morgan fingerprint density at radius 3 is 2.24 bits per heavy atom. The van der Waals surface area contributed by atoms with Crippen molar-refractivity contribution in [3.05, 3.63) is 64.7 Å². The number of anilines is 1. The van der Waals surface area contributed by atoms with Crippen LogP contribution in [0.2, 0.25) is 0 Å². The zero-order valence-corrected chi connectivity index (χ0v) is 15.1. The van der Waals surface area contributed by atoms with Crippen LogP contribution >= 0.6 is 0 Å². The van der Waals surface area contributed by atoms with E-state index in [1.807, 2.05) is 36.4 Å². The molecule has 0 radical (unpaired) electrons. The quantitative estimate of drug-likeness (QED) is 0.779. The summed E-state index contributed by atoms with van der Waals surface area (Å²) in [5.41, 5.74) is 4.34. The van der Waals surface area contributed by atoms with Gasteiger partial charge in [0.1, 0.15) is 0 Å².